The SMILES string of the molecule is CCc1nncn1CCNC(=NCCCN(C)c1ccccc1)NC1CCC(O)CC1.I. The highest BCUT2D eigenvalue weighted by molar-refractivity contribution is 14.0. The Balaban J connectivity index is 0.00000363. The van der Waals surface area contributed by atoms with Gasteiger partial charge < -0.3 is 25.2 Å². The van der Waals surface area contributed by atoms with E-state index in [0.29, 0.717) is 6.04 Å². The standard InChI is InChI=1S/C23H37N7O.HI/c1-3-22-28-26-18-30(22)17-15-25-23(27-19-10-12-21(31)13-11-19)24-14-7-16-29(2)20-8-5-4-6-9-20;/h4-6,8-9,18-19,21,31H,3,7,10-17H2,1-2H3,(H2,24,25,27);1H. The quantitative estimate of drug-likeness (QED) is 0.181. The molecule has 0 aliphatic heterocycles. The fraction of sp³-hybridized carbons (Fsp3) is 0.609. The minimum Gasteiger partial charge on any atom is -0.393 e. The van der Waals surface area contributed by atoms with Gasteiger partial charge in [0.15, 0.2) is 5.96 Å². The summed E-state index contributed by atoms with van der Waals surface area (Å²) in [4.78, 5) is 7.09. The molecule has 1 heterocycles. The van der Waals surface area contributed by atoms with Crippen LogP contribution in [0.4, 0.5) is 5.69 Å². The first-order valence-corrected chi connectivity index (χ1v) is 11.5. The van der Waals surface area contributed by atoms with Crippen molar-refractivity contribution in [2.75, 3.05) is 31.6 Å². The lowest BCUT2D eigenvalue weighted by Crippen LogP contribution is -2.46. The van der Waals surface area contributed by atoms with Gasteiger partial charge in [-0.3, -0.25) is 4.99 Å². The van der Waals surface area contributed by atoms with Gasteiger partial charge in [-0.2, -0.15) is 0 Å². The predicted octanol–water partition coefficient (Wildman–Crippen LogP) is 2.82. The van der Waals surface area contributed by atoms with Crippen LogP contribution in [0.25, 0.3) is 0 Å². The molecule has 8 nitrogen and oxygen atoms in total. The first-order chi connectivity index (χ1) is 15.2. The fourth-order valence-electron chi connectivity index (χ4n) is 3.91. The Morgan fingerprint density at radius 2 is 1.97 bits per heavy atom. The van der Waals surface area contributed by atoms with Crippen molar-refractivity contribution in [3.63, 3.8) is 0 Å². The predicted molar refractivity (Wildman–Crippen MR) is 141 cm³/mol. The number of benzene rings is 1. The van der Waals surface area contributed by atoms with E-state index in [1.807, 2.05) is 6.07 Å². The number of rotatable bonds is 10. The number of hydrogen-bond donors (Lipinski definition) is 3. The Kier molecular flexibility index (Phi) is 11.8. The molecule has 2 aromatic rings. The minimum atomic E-state index is -0.152. The molecule has 1 saturated carbocycles. The Morgan fingerprint density at radius 1 is 1.22 bits per heavy atom. The molecule has 1 fully saturated rings. The van der Waals surface area contributed by atoms with Crippen molar-refractivity contribution in [3.8, 4) is 0 Å². The van der Waals surface area contributed by atoms with Gasteiger partial charge in [0.1, 0.15) is 12.2 Å². The maximum atomic E-state index is 9.78. The summed E-state index contributed by atoms with van der Waals surface area (Å²) in [5.41, 5.74) is 1.23. The normalized spacial score (nSPS) is 18.7. The van der Waals surface area contributed by atoms with E-state index < -0.39 is 0 Å². The molecule has 0 spiro atoms. The van der Waals surface area contributed by atoms with Crippen LogP contribution in [0.3, 0.4) is 0 Å². The molecule has 178 valence electrons. The molecule has 0 unspecified atom stereocenters. The average Bonchev–Trinajstić information content (AvgIpc) is 3.26. The molecule has 3 rings (SSSR count). The van der Waals surface area contributed by atoms with Gasteiger partial charge in [-0.25, -0.2) is 0 Å². The molecule has 0 saturated heterocycles. The van der Waals surface area contributed by atoms with Crippen molar-refractivity contribution in [3.05, 3.63) is 42.5 Å². The van der Waals surface area contributed by atoms with Crippen LogP contribution in [0.2, 0.25) is 0 Å². The first kappa shape index (κ1) is 26.4. The molecule has 0 atom stereocenters. The molecular formula is C23H38IN7O. The number of guanidine groups is 1. The van der Waals surface area contributed by atoms with Gasteiger partial charge >= 0.3 is 0 Å². The highest BCUT2D eigenvalue weighted by Crippen LogP contribution is 2.18. The molecule has 1 aromatic heterocycles. The van der Waals surface area contributed by atoms with Crippen LogP contribution in [0.5, 0.6) is 0 Å². The summed E-state index contributed by atoms with van der Waals surface area (Å²) >= 11 is 0. The van der Waals surface area contributed by atoms with Gasteiger partial charge in [-0.15, -0.1) is 34.2 Å². The van der Waals surface area contributed by atoms with Crippen LogP contribution in [0, 0.1) is 0 Å². The molecule has 3 N–H and O–H groups in total. The first-order valence-electron chi connectivity index (χ1n) is 11.5. The monoisotopic (exact) mass is 555 g/mol. The number of halogens is 1. The van der Waals surface area contributed by atoms with Crippen LogP contribution >= 0.6 is 24.0 Å². The summed E-state index contributed by atoms with van der Waals surface area (Å²) in [6.07, 6.45) is 7.15. The Hall–Kier alpha value is -1.88. The lowest BCUT2D eigenvalue weighted by Gasteiger charge is -2.28. The lowest BCUT2D eigenvalue weighted by atomic mass is 9.93. The second-order valence-corrected chi connectivity index (χ2v) is 8.21. The molecular weight excluding hydrogens is 517 g/mol. The smallest absolute Gasteiger partial charge is 0.191 e. The molecule has 0 radical (unpaired) electrons. The minimum absolute atomic E-state index is 0. The Bertz CT molecular complexity index is 791. The van der Waals surface area contributed by atoms with Crippen molar-refractivity contribution in [1.82, 2.24) is 25.4 Å². The number of aromatic nitrogens is 3. The number of aliphatic imine (C=N–C) groups is 1. The van der Waals surface area contributed by atoms with E-state index in [0.717, 1.165) is 76.5 Å². The van der Waals surface area contributed by atoms with Crippen LogP contribution in [-0.2, 0) is 13.0 Å². The summed E-state index contributed by atoms with van der Waals surface area (Å²) in [5, 5.41) is 25.0. The zero-order valence-corrected chi connectivity index (χ0v) is 21.6. The number of aliphatic hydroxyl groups is 1. The van der Waals surface area contributed by atoms with Gasteiger partial charge in [0.2, 0.25) is 0 Å². The van der Waals surface area contributed by atoms with E-state index in [4.69, 9.17) is 4.99 Å². The van der Waals surface area contributed by atoms with Crippen LogP contribution in [0.1, 0.15) is 44.9 Å². The molecule has 1 aromatic carbocycles. The van der Waals surface area contributed by atoms with E-state index in [9.17, 15) is 5.11 Å². The third-order valence-corrected chi connectivity index (χ3v) is 5.81. The highest BCUT2D eigenvalue weighted by atomic mass is 127. The maximum Gasteiger partial charge on any atom is 0.191 e. The van der Waals surface area contributed by atoms with Crippen molar-refractivity contribution in [2.45, 2.75) is 64.1 Å². The van der Waals surface area contributed by atoms with Gasteiger partial charge in [0, 0.05) is 51.4 Å². The van der Waals surface area contributed by atoms with Crippen molar-refractivity contribution < 1.29 is 5.11 Å². The van der Waals surface area contributed by atoms with Crippen molar-refractivity contribution >= 4 is 35.6 Å². The van der Waals surface area contributed by atoms with E-state index >= 15 is 0 Å². The molecule has 1 aliphatic rings. The number of aryl methyl sites for hydroxylation is 1. The van der Waals surface area contributed by atoms with E-state index in [-0.39, 0.29) is 30.1 Å². The van der Waals surface area contributed by atoms with Crippen molar-refractivity contribution in [2.24, 2.45) is 4.99 Å². The lowest BCUT2D eigenvalue weighted by molar-refractivity contribution is 0.120. The highest BCUT2D eigenvalue weighted by Gasteiger charge is 2.20. The second kappa shape index (κ2) is 14.3. The molecule has 32 heavy (non-hydrogen) atoms. The molecule has 1 aliphatic carbocycles. The van der Waals surface area contributed by atoms with Crippen LogP contribution in [0.15, 0.2) is 41.7 Å². The third kappa shape index (κ3) is 8.57. The number of anilines is 1. The number of para-hydroxylation sites is 1. The fourth-order valence-corrected chi connectivity index (χ4v) is 3.91. The average molecular weight is 556 g/mol. The topological polar surface area (TPSA) is 90.6 Å². The molecule has 0 amide bonds. The Morgan fingerprint density at radius 3 is 2.69 bits per heavy atom. The second-order valence-electron chi connectivity index (χ2n) is 8.21. The summed E-state index contributed by atoms with van der Waals surface area (Å²) in [6, 6.07) is 10.8. The summed E-state index contributed by atoms with van der Waals surface area (Å²) < 4.78 is 2.08. The molecule has 0 bridgehead atoms. The summed E-state index contributed by atoms with van der Waals surface area (Å²) in [6.45, 7) is 5.37. The number of aliphatic hydroxyl groups excluding tert-OH is 1. The maximum absolute atomic E-state index is 9.78. The van der Waals surface area contributed by atoms with Crippen LogP contribution in [-0.4, -0.2) is 64.7 Å². The Labute approximate surface area is 208 Å². The van der Waals surface area contributed by atoms with Gasteiger partial charge in [0.05, 0.1) is 6.10 Å². The zero-order chi connectivity index (χ0) is 21.9. The zero-order valence-electron chi connectivity index (χ0n) is 19.3. The summed E-state index contributed by atoms with van der Waals surface area (Å²) in [7, 11) is 2.12. The van der Waals surface area contributed by atoms with E-state index in [2.05, 4.69) is 68.5 Å². The number of hydrogen-bond acceptors (Lipinski definition) is 5. The number of nitrogens with zero attached hydrogens (tertiary/aromatic N) is 5. The van der Waals surface area contributed by atoms with E-state index in [1.54, 1.807) is 6.33 Å². The summed E-state index contributed by atoms with van der Waals surface area (Å²) in [5.74, 6) is 1.85. The van der Waals surface area contributed by atoms with E-state index in [1.165, 1.54) is 5.69 Å². The largest absolute Gasteiger partial charge is 0.393 e. The number of nitrogens with one attached hydrogen (secondary N) is 2. The van der Waals surface area contributed by atoms with Gasteiger partial charge in [0.25, 0.3) is 0 Å². The molecule has 9 heteroatoms. The van der Waals surface area contributed by atoms with Crippen LogP contribution < -0.4 is 15.5 Å². The van der Waals surface area contributed by atoms with Gasteiger partial charge in [-0.05, 0) is 44.2 Å². The van der Waals surface area contributed by atoms with Gasteiger partial charge in [-0.1, -0.05) is 25.1 Å². The third-order valence-electron chi connectivity index (χ3n) is 5.81. The van der Waals surface area contributed by atoms with Crippen molar-refractivity contribution in [1.29, 1.82) is 0 Å².